The molecular weight excluding hydrogens is 494 g/mol. The first-order valence-corrected chi connectivity index (χ1v) is 14.8. The molecule has 9 atom stereocenters. The molecule has 218 valence electrons. The Kier molecular flexibility index (Phi) is 8.17. The van der Waals surface area contributed by atoms with Crippen molar-refractivity contribution in [1.29, 1.82) is 0 Å². The van der Waals surface area contributed by atoms with Crippen molar-refractivity contribution in [3.05, 3.63) is 22.8 Å². The normalized spacial score (nSPS) is 43.6. The SMILES string of the molecule is CON=C1CC[C@]2(C)C3[C@H](O)C[C@H]4/C(=C(\CCC=C(C)C)C(=O)O)[C@@H](OC(C)=O)C[C@]4(C)[C@@]3(C)CC[C@H]2[C@@H]1C. The lowest BCUT2D eigenvalue weighted by molar-refractivity contribution is -0.218. The first-order chi connectivity index (χ1) is 18.2. The average Bonchev–Trinajstić information content (AvgIpc) is 3.09. The summed E-state index contributed by atoms with van der Waals surface area (Å²) in [7, 11) is 1.60. The fraction of sp³-hybridized carbons (Fsp3) is 0.781. The number of rotatable bonds is 6. The molecule has 0 aromatic rings. The average molecular weight is 544 g/mol. The number of oxime groups is 1. The van der Waals surface area contributed by atoms with E-state index in [2.05, 4.69) is 38.9 Å². The van der Waals surface area contributed by atoms with Crippen molar-refractivity contribution in [3.63, 3.8) is 0 Å². The van der Waals surface area contributed by atoms with Gasteiger partial charge in [-0.25, -0.2) is 4.79 Å². The Labute approximate surface area is 234 Å². The van der Waals surface area contributed by atoms with E-state index in [9.17, 15) is 19.8 Å². The fourth-order valence-electron chi connectivity index (χ4n) is 9.86. The van der Waals surface area contributed by atoms with Crippen LogP contribution >= 0.6 is 0 Å². The van der Waals surface area contributed by atoms with Gasteiger partial charge in [0.2, 0.25) is 0 Å². The van der Waals surface area contributed by atoms with Gasteiger partial charge in [0.1, 0.15) is 13.2 Å². The summed E-state index contributed by atoms with van der Waals surface area (Å²) in [6, 6.07) is 0. The first kappa shape index (κ1) is 29.8. The molecule has 0 amide bonds. The number of carboxylic acids is 1. The molecule has 0 radical (unpaired) electrons. The molecule has 0 aromatic heterocycles. The van der Waals surface area contributed by atoms with Crippen LogP contribution in [0.25, 0.3) is 0 Å². The van der Waals surface area contributed by atoms with Crippen LogP contribution in [-0.2, 0) is 19.2 Å². The molecule has 2 N–H and O–H groups in total. The highest BCUT2D eigenvalue weighted by molar-refractivity contribution is 5.88. The number of esters is 1. The molecule has 0 heterocycles. The lowest BCUT2D eigenvalue weighted by Gasteiger charge is -2.68. The second-order valence-electron chi connectivity index (χ2n) is 13.7. The van der Waals surface area contributed by atoms with Crippen molar-refractivity contribution < 1.29 is 29.4 Å². The molecule has 0 saturated heterocycles. The molecule has 7 heteroatoms. The number of allylic oxidation sites excluding steroid dienone is 2. The number of ether oxygens (including phenoxy) is 1. The number of aliphatic carboxylic acids is 1. The number of hydrogen-bond acceptors (Lipinski definition) is 6. The molecule has 0 bridgehead atoms. The highest BCUT2D eigenvalue weighted by atomic mass is 16.6. The smallest absolute Gasteiger partial charge is 0.331 e. The first-order valence-electron chi connectivity index (χ1n) is 14.8. The predicted molar refractivity (Wildman–Crippen MR) is 151 cm³/mol. The zero-order valence-corrected chi connectivity index (χ0v) is 25.2. The van der Waals surface area contributed by atoms with E-state index in [1.807, 2.05) is 13.8 Å². The molecule has 0 spiro atoms. The molecule has 4 aliphatic carbocycles. The summed E-state index contributed by atoms with van der Waals surface area (Å²) in [6.45, 7) is 14.6. The molecule has 0 aromatic carbocycles. The van der Waals surface area contributed by atoms with Gasteiger partial charge in [0.05, 0.1) is 11.8 Å². The Bertz CT molecular complexity index is 1090. The maximum absolute atomic E-state index is 12.7. The van der Waals surface area contributed by atoms with E-state index in [-0.39, 0.29) is 34.0 Å². The van der Waals surface area contributed by atoms with Crippen LogP contribution in [0.3, 0.4) is 0 Å². The molecule has 4 saturated carbocycles. The zero-order valence-electron chi connectivity index (χ0n) is 25.2. The summed E-state index contributed by atoms with van der Waals surface area (Å²) >= 11 is 0. The van der Waals surface area contributed by atoms with Crippen LogP contribution in [0.5, 0.6) is 0 Å². The van der Waals surface area contributed by atoms with Crippen LogP contribution in [0.2, 0.25) is 0 Å². The fourth-order valence-corrected chi connectivity index (χ4v) is 9.86. The summed E-state index contributed by atoms with van der Waals surface area (Å²) < 4.78 is 5.90. The van der Waals surface area contributed by atoms with E-state index >= 15 is 0 Å². The number of hydrogen-bond donors (Lipinski definition) is 2. The zero-order chi connectivity index (χ0) is 28.9. The van der Waals surface area contributed by atoms with Crippen molar-refractivity contribution in [2.45, 2.75) is 112 Å². The Morgan fingerprint density at radius 2 is 1.82 bits per heavy atom. The van der Waals surface area contributed by atoms with E-state index in [4.69, 9.17) is 9.57 Å². The third-order valence-electron chi connectivity index (χ3n) is 11.6. The number of aliphatic hydroxyl groups is 1. The van der Waals surface area contributed by atoms with Crippen molar-refractivity contribution in [2.24, 2.45) is 45.1 Å². The van der Waals surface area contributed by atoms with Gasteiger partial charge in [-0.15, -0.1) is 0 Å². The maximum Gasteiger partial charge on any atom is 0.331 e. The summed E-state index contributed by atoms with van der Waals surface area (Å²) in [4.78, 5) is 30.1. The minimum atomic E-state index is -0.947. The van der Waals surface area contributed by atoms with Gasteiger partial charge in [0.25, 0.3) is 0 Å². The minimum Gasteiger partial charge on any atom is -0.478 e. The highest BCUT2D eigenvalue weighted by Crippen LogP contribution is 2.74. The van der Waals surface area contributed by atoms with Crippen LogP contribution in [0.15, 0.2) is 28.0 Å². The molecule has 1 unspecified atom stereocenters. The van der Waals surface area contributed by atoms with Gasteiger partial charge in [0, 0.05) is 18.4 Å². The minimum absolute atomic E-state index is 0.0628. The maximum atomic E-state index is 12.7. The molecule has 4 rings (SSSR count). The van der Waals surface area contributed by atoms with E-state index in [1.54, 1.807) is 7.11 Å². The van der Waals surface area contributed by atoms with Gasteiger partial charge in [-0.05, 0) is 105 Å². The molecule has 4 fully saturated rings. The van der Waals surface area contributed by atoms with E-state index in [0.717, 1.165) is 42.5 Å². The number of carbonyl (C=O) groups excluding carboxylic acids is 1. The van der Waals surface area contributed by atoms with Crippen LogP contribution in [0.1, 0.15) is 99.8 Å². The van der Waals surface area contributed by atoms with Crippen LogP contribution < -0.4 is 0 Å². The third kappa shape index (κ3) is 4.76. The predicted octanol–water partition coefficient (Wildman–Crippen LogP) is 6.31. The van der Waals surface area contributed by atoms with E-state index in [1.165, 1.54) is 6.92 Å². The second kappa shape index (κ2) is 10.7. The Morgan fingerprint density at radius 1 is 1.13 bits per heavy atom. The quantitative estimate of drug-likeness (QED) is 0.176. The van der Waals surface area contributed by atoms with Crippen molar-refractivity contribution in [1.82, 2.24) is 0 Å². The summed E-state index contributed by atoms with van der Waals surface area (Å²) in [5, 5.41) is 26.7. The summed E-state index contributed by atoms with van der Waals surface area (Å²) in [5.74, 6) is -0.745. The number of nitrogens with zero attached hydrogens (tertiary/aromatic N) is 1. The van der Waals surface area contributed by atoms with Gasteiger partial charge in [-0.2, -0.15) is 0 Å². The second-order valence-corrected chi connectivity index (χ2v) is 13.7. The van der Waals surface area contributed by atoms with Crippen LogP contribution in [0, 0.1) is 39.9 Å². The Balaban J connectivity index is 1.81. The topological polar surface area (TPSA) is 105 Å². The molecular formula is C32H49NO6. The van der Waals surface area contributed by atoms with E-state index < -0.39 is 24.1 Å². The monoisotopic (exact) mass is 543 g/mol. The number of aliphatic hydroxyl groups excluding tert-OH is 1. The van der Waals surface area contributed by atoms with Gasteiger partial charge < -0.3 is 19.8 Å². The number of fused-ring (bicyclic) bond motifs is 5. The standard InChI is InChI=1S/C32H49NO6/c1-18(2)10-9-11-21(29(36)37)27-23-16-25(35)28-30(5)14-13-24(33-38-8)19(3)22(30)12-15-31(28,6)32(23,7)17-26(27)39-20(4)34/h10,19,22-23,25-26,28,35H,9,11-17H2,1-8H3,(H,36,37)/b27-21-,33-24?/t19-,22-,23-,25+,26-,28?,30-,31-,32-/m0/s1. The molecule has 7 nitrogen and oxygen atoms in total. The highest BCUT2D eigenvalue weighted by Gasteiger charge is 2.70. The van der Waals surface area contributed by atoms with Gasteiger partial charge >= 0.3 is 11.9 Å². The van der Waals surface area contributed by atoms with Crippen molar-refractivity contribution >= 4 is 17.7 Å². The van der Waals surface area contributed by atoms with Crippen molar-refractivity contribution in [3.8, 4) is 0 Å². The van der Waals surface area contributed by atoms with Gasteiger partial charge in [-0.1, -0.05) is 44.5 Å². The Morgan fingerprint density at radius 3 is 2.41 bits per heavy atom. The number of carboxylic acid groups (broad SMARTS) is 1. The van der Waals surface area contributed by atoms with E-state index in [0.29, 0.717) is 37.2 Å². The lowest BCUT2D eigenvalue weighted by Crippen LogP contribution is -2.65. The number of carbonyl (C=O) groups is 2. The molecule has 0 aliphatic heterocycles. The van der Waals surface area contributed by atoms with Crippen LogP contribution in [-0.4, -0.2) is 47.2 Å². The largest absolute Gasteiger partial charge is 0.478 e. The van der Waals surface area contributed by atoms with Crippen LogP contribution in [0.4, 0.5) is 0 Å². The molecule has 4 aliphatic rings. The van der Waals surface area contributed by atoms with Gasteiger partial charge in [0.15, 0.2) is 0 Å². The van der Waals surface area contributed by atoms with Gasteiger partial charge in [-0.3, -0.25) is 4.79 Å². The summed E-state index contributed by atoms with van der Waals surface area (Å²) in [5.41, 5.74) is 2.73. The molecule has 39 heavy (non-hydrogen) atoms. The lowest BCUT2D eigenvalue weighted by atomic mass is 9.36. The Hall–Kier alpha value is -2.15. The van der Waals surface area contributed by atoms with Crippen molar-refractivity contribution in [2.75, 3.05) is 7.11 Å². The third-order valence-corrected chi connectivity index (χ3v) is 11.6. The summed E-state index contributed by atoms with van der Waals surface area (Å²) in [6.07, 6.45) is 6.78.